The Morgan fingerprint density at radius 2 is 2.00 bits per heavy atom. The molecule has 102 valence electrons. The van der Waals surface area contributed by atoms with Gasteiger partial charge in [-0.05, 0) is 19.8 Å². The molecule has 0 aliphatic carbocycles. The van der Waals surface area contributed by atoms with E-state index in [-0.39, 0.29) is 25.2 Å². The fourth-order valence-electron chi connectivity index (χ4n) is 2.02. The van der Waals surface area contributed by atoms with E-state index in [1.165, 1.54) is 0 Å². The lowest BCUT2D eigenvalue weighted by Gasteiger charge is -2.44. The van der Waals surface area contributed by atoms with Crippen LogP contribution in [-0.2, 0) is 14.6 Å². The minimum Gasteiger partial charge on any atom is -0.388 e. The van der Waals surface area contributed by atoms with Gasteiger partial charge in [-0.25, -0.2) is 8.42 Å². The van der Waals surface area contributed by atoms with Crippen LogP contribution in [0.3, 0.4) is 0 Å². The Morgan fingerprint density at radius 3 is 2.53 bits per heavy atom. The van der Waals surface area contributed by atoms with Gasteiger partial charge in [-0.2, -0.15) is 0 Å². The average molecular weight is 268 g/mol. The summed E-state index contributed by atoms with van der Waals surface area (Å²) in [5, 5.41) is 29.4. The Kier molecular flexibility index (Phi) is 4.54. The summed E-state index contributed by atoms with van der Waals surface area (Å²) >= 11 is 0. The Labute approximate surface area is 101 Å². The molecule has 0 aromatic carbocycles. The van der Waals surface area contributed by atoms with Crippen molar-refractivity contribution in [2.24, 2.45) is 0 Å². The molecule has 1 aliphatic rings. The van der Waals surface area contributed by atoms with Crippen molar-refractivity contribution in [3.8, 4) is 0 Å². The van der Waals surface area contributed by atoms with E-state index in [1.807, 2.05) is 0 Å². The Balaban J connectivity index is 2.64. The van der Waals surface area contributed by atoms with Crippen LogP contribution in [0.1, 0.15) is 19.8 Å². The number of aliphatic hydroxyl groups excluding tert-OH is 2. The van der Waals surface area contributed by atoms with Crippen LogP contribution in [0.15, 0.2) is 0 Å². The first-order chi connectivity index (χ1) is 7.67. The van der Waals surface area contributed by atoms with Gasteiger partial charge in [0.05, 0.1) is 12.7 Å². The summed E-state index contributed by atoms with van der Waals surface area (Å²) in [6, 6.07) is 0. The van der Waals surface area contributed by atoms with Gasteiger partial charge in [-0.3, -0.25) is 0 Å². The highest BCUT2D eigenvalue weighted by atomic mass is 32.2. The quantitative estimate of drug-likeness (QED) is 0.584. The van der Waals surface area contributed by atoms with Crippen molar-refractivity contribution in [3.05, 3.63) is 0 Å². The molecular formula is C10H20O6S. The molecule has 0 amide bonds. The lowest BCUT2D eigenvalue weighted by molar-refractivity contribution is -0.239. The molecule has 1 saturated heterocycles. The van der Waals surface area contributed by atoms with Crippen LogP contribution in [0.5, 0.6) is 0 Å². The van der Waals surface area contributed by atoms with Crippen molar-refractivity contribution >= 4 is 9.84 Å². The van der Waals surface area contributed by atoms with Crippen LogP contribution >= 0.6 is 0 Å². The fraction of sp³-hybridized carbons (Fsp3) is 1.00. The molecule has 0 spiro atoms. The number of aliphatic hydroxyl groups is 3. The molecule has 6 nitrogen and oxygen atoms in total. The van der Waals surface area contributed by atoms with Crippen molar-refractivity contribution in [1.82, 2.24) is 0 Å². The molecule has 17 heavy (non-hydrogen) atoms. The molecule has 0 aromatic heterocycles. The van der Waals surface area contributed by atoms with E-state index < -0.39 is 33.8 Å². The zero-order valence-corrected chi connectivity index (χ0v) is 10.9. The number of hydrogen-bond donors (Lipinski definition) is 3. The molecule has 2 unspecified atom stereocenters. The molecule has 0 bridgehead atoms. The van der Waals surface area contributed by atoms with Gasteiger partial charge < -0.3 is 20.1 Å². The summed E-state index contributed by atoms with van der Waals surface area (Å²) in [6.45, 7) is 1.56. The van der Waals surface area contributed by atoms with Gasteiger partial charge in [-0.15, -0.1) is 0 Å². The van der Waals surface area contributed by atoms with Gasteiger partial charge in [0.2, 0.25) is 0 Å². The summed E-state index contributed by atoms with van der Waals surface area (Å²) in [6.07, 6.45) is -1.70. The maximum Gasteiger partial charge on any atom is 0.147 e. The van der Waals surface area contributed by atoms with Crippen LogP contribution in [0.2, 0.25) is 0 Å². The Morgan fingerprint density at radius 1 is 1.41 bits per heavy atom. The normalized spacial score (nSPS) is 39.2. The molecule has 1 fully saturated rings. The van der Waals surface area contributed by atoms with Gasteiger partial charge in [-0.1, -0.05) is 0 Å². The van der Waals surface area contributed by atoms with E-state index in [2.05, 4.69) is 0 Å². The second-order valence-corrected chi connectivity index (χ2v) is 6.97. The van der Waals surface area contributed by atoms with Gasteiger partial charge in [0.1, 0.15) is 27.6 Å². The van der Waals surface area contributed by atoms with Crippen LogP contribution in [0, 0.1) is 0 Å². The van der Waals surface area contributed by atoms with Crippen molar-refractivity contribution in [3.63, 3.8) is 0 Å². The van der Waals surface area contributed by atoms with E-state index in [1.54, 1.807) is 6.92 Å². The highest BCUT2D eigenvalue weighted by Gasteiger charge is 2.48. The lowest BCUT2D eigenvalue weighted by Crippen LogP contribution is -2.61. The minimum atomic E-state index is -3.10. The van der Waals surface area contributed by atoms with Crippen LogP contribution in [0.25, 0.3) is 0 Å². The monoisotopic (exact) mass is 268 g/mol. The molecule has 7 heteroatoms. The van der Waals surface area contributed by atoms with E-state index in [0.29, 0.717) is 0 Å². The largest absolute Gasteiger partial charge is 0.388 e. The van der Waals surface area contributed by atoms with Crippen molar-refractivity contribution in [1.29, 1.82) is 0 Å². The van der Waals surface area contributed by atoms with Gasteiger partial charge in [0, 0.05) is 12.0 Å². The molecule has 4 atom stereocenters. The topological polar surface area (TPSA) is 104 Å². The van der Waals surface area contributed by atoms with Crippen LogP contribution < -0.4 is 0 Å². The molecular weight excluding hydrogens is 248 g/mol. The summed E-state index contributed by atoms with van der Waals surface area (Å²) < 4.78 is 27.1. The summed E-state index contributed by atoms with van der Waals surface area (Å²) in [5.74, 6) is -0.0646. The number of rotatable bonds is 4. The second kappa shape index (κ2) is 5.19. The summed E-state index contributed by atoms with van der Waals surface area (Å²) in [4.78, 5) is 0. The van der Waals surface area contributed by atoms with Crippen molar-refractivity contribution < 1.29 is 28.5 Å². The summed E-state index contributed by atoms with van der Waals surface area (Å²) in [7, 11) is -3.10. The maximum atomic E-state index is 11.0. The molecule has 3 N–H and O–H groups in total. The summed E-state index contributed by atoms with van der Waals surface area (Å²) in [5.41, 5.74) is -1.59. The van der Waals surface area contributed by atoms with E-state index in [0.717, 1.165) is 6.26 Å². The molecule has 1 aliphatic heterocycles. The first kappa shape index (κ1) is 14.8. The fourth-order valence-corrected chi connectivity index (χ4v) is 2.69. The minimum absolute atomic E-state index is 0.0310. The molecule has 1 rings (SSSR count). The van der Waals surface area contributed by atoms with Gasteiger partial charge >= 0.3 is 0 Å². The van der Waals surface area contributed by atoms with Crippen molar-refractivity contribution in [2.75, 3.05) is 18.6 Å². The molecule has 1 heterocycles. The zero-order chi connectivity index (χ0) is 13.3. The maximum absolute atomic E-state index is 11.0. The predicted octanol–water partition coefficient (Wildman–Crippen LogP) is -1.32. The van der Waals surface area contributed by atoms with Gasteiger partial charge in [0.15, 0.2) is 0 Å². The third kappa shape index (κ3) is 3.62. The SMILES string of the molecule is CC1OCC(O)[C@@H](O)[C@@]1(O)CCCS(C)(=O)=O. The second-order valence-electron chi connectivity index (χ2n) is 4.71. The Hall–Kier alpha value is -0.210. The zero-order valence-electron chi connectivity index (χ0n) is 10.0. The van der Waals surface area contributed by atoms with Gasteiger partial charge in [0.25, 0.3) is 0 Å². The lowest BCUT2D eigenvalue weighted by atomic mass is 9.82. The van der Waals surface area contributed by atoms with E-state index in [9.17, 15) is 23.7 Å². The third-order valence-electron chi connectivity index (χ3n) is 3.19. The average Bonchev–Trinajstić information content (AvgIpc) is 2.20. The number of sulfone groups is 1. The van der Waals surface area contributed by atoms with E-state index in [4.69, 9.17) is 4.74 Å². The van der Waals surface area contributed by atoms with Crippen LogP contribution in [-0.4, -0.2) is 66.3 Å². The number of ether oxygens (including phenoxy) is 1. The number of hydrogen-bond acceptors (Lipinski definition) is 6. The Bertz CT molecular complexity index is 354. The standard InChI is InChI=1S/C10H20O6S/c1-7-10(13,4-3-5-17(2,14)15)9(12)8(11)6-16-7/h7-9,11-13H,3-6H2,1-2H3/t7?,8?,9-,10-/m1/s1. The highest BCUT2D eigenvalue weighted by molar-refractivity contribution is 7.90. The molecule has 0 saturated carbocycles. The van der Waals surface area contributed by atoms with E-state index >= 15 is 0 Å². The highest BCUT2D eigenvalue weighted by Crippen LogP contribution is 2.30. The van der Waals surface area contributed by atoms with Crippen molar-refractivity contribution in [2.45, 2.75) is 43.7 Å². The first-order valence-corrected chi connectivity index (χ1v) is 7.60. The molecule has 0 aromatic rings. The first-order valence-electron chi connectivity index (χ1n) is 5.54. The van der Waals surface area contributed by atoms with Crippen LogP contribution in [0.4, 0.5) is 0 Å². The smallest absolute Gasteiger partial charge is 0.147 e. The third-order valence-corrected chi connectivity index (χ3v) is 4.22. The molecule has 0 radical (unpaired) electrons. The predicted molar refractivity (Wildman–Crippen MR) is 61.3 cm³/mol.